The van der Waals surface area contributed by atoms with E-state index in [0.717, 1.165) is 24.1 Å². The largest absolute Gasteiger partial charge is 0.481 e. The molecule has 0 bridgehead atoms. The molecule has 1 aliphatic rings. The van der Waals surface area contributed by atoms with Gasteiger partial charge in [0, 0.05) is 12.6 Å². The third-order valence-electron chi connectivity index (χ3n) is 2.58. The van der Waals surface area contributed by atoms with Gasteiger partial charge in [-0.2, -0.15) is 4.98 Å². The van der Waals surface area contributed by atoms with Crippen LogP contribution >= 0.6 is 0 Å². The molecule has 1 heterocycles. The number of ether oxygens (including phenoxy) is 1. The van der Waals surface area contributed by atoms with Gasteiger partial charge in [0.05, 0.1) is 7.11 Å². The van der Waals surface area contributed by atoms with Gasteiger partial charge in [-0.15, -0.1) is 0 Å². The normalized spacial score (nSPS) is 15.1. The second-order valence-electron chi connectivity index (χ2n) is 4.00. The highest BCUT2D eigenvalue weighted by Crippen LogP contribution is 2.32. The molecule has 0 spiro atoms. The second-order valence-corrected chi connectivity index (χ2v) is 4.00. The highest BCUT2D eigenvalue weighted by Gasteiger charge is 2.20. The van der Waals surface area contributed by atoms with Crippen molar-refractivity contribution in [2.75, 3.05) is 19.0 Å². The summed E-state index contributed by atoms with van der Waals surface area (Å²) in [6, 6.07) is 1.83. The van der Waals surface area contributed by atoms with Gasteiger partial charge < -0.3 is 10.1 Å². The summed E-state index contributed by atoms with van der Waals surface area (Å²) in [5, 5.41) is 3.30. The Hall–Kier alpha value is -1.32. The van der Waals surface area contributed by atoms with Gasteiger partial charge in [0.1, 0.15) is 11.6 Å². The van der Waals surface area contributed by atoms with Crippen LogP contribution in [0.15, 0.2) is 6.07 Å². The van der Waals surface area contributed by atoms with E-state index in [9.17, 15) is 0 Å². The van der Waals surface area contributed by atoms with Gasteiger partial charge in [-0.05, 0) is 19.3 Å². The van der Waals surface area contributed by atoms with E-state index in [1.807, 2.05) is 13.0 Å². The molecule has 4 heteroatoms. The van der Waals surface area contributed by atoms with E-state index in [4.69, 9.17) is 4.74 Å². The zero-order valence-corrected chi connectivity index (χ0v) is 9.29. The molecule has 0 amide bonds. The predicted octanol–water partition coefficient (Wildman–Crippen LogP) is 2.01. The van der Waals surface area contributed by atoms with Crippen LogP contribution in [0.2, 0.25) is 0 Å². The SMILES string of the molecule is COc1cc(NCCC2CC2)nc(C)n1. The van der Waals surface area contributed by atoms with Gasteiger partial charge >= 0.3 is 0 Å². The number of rotatable bonds is 5. The number of aryl methyl sites for hydroxylation is 1. The van der Waals surface area contributed by atoms with E-state index in [0.29, 0.717) is 5.88 Å². The zero-order chi connectivity index (χ0) is 10.7. The summed E-state index contributed by atoms with van der Waals surface area (Å²) in [5.74, 6) is 3.17. The van der Waals surface area contributed by atoms with E-state index < -0.39 is 0 Å². The third-order valence-corrected chi connectivity index (χ3v) is 2.58. The minimum absolute atomic E-state index is 0.622. The molecule has 1 aromatic heterocycles. The van der Waals surface area contributed by atoms with Crippen molar-refractivity contribution in [3.8, 4) is 5.88 Å². The Balaban J connectivity index is 1.90. The number of nitrogens with one attached hydrogen (secondary N) is 1. The first-order valence-electron chi connectivity index (χ1n) is 5.41. The average molecular weight is 207 g/mol. The van der Waals surface area contributed by atoms with Crippen molar-refractivity contribution >= 4 is 5.82 Å². The van der Waals surface area contributed by atoms with E-state index in [1.165, 1.54) is 19.3 Å². The fourth-order valence-electron chi connectivity index (χ4n) is 1.55. The van der Waals surface area contributed by atoms with Crippen molar-refractivity contribution in [2.45, 2.75) is 26.2 Å². The molecule has 0 unspecified atom stereocenters. The Labute approximate surface area is 90.1 Å². The van der Waals surface area contributed by atoms with Crippen LogP contribution in [0.4, 0.5) is 5.82 Å². The van der Waals surface area contributed by atoms with Crippen molar-refractivity contribution in [1.82, 2.24) is 9.97 Å². The summed E-state index contributed by atoms with van der Waals surface area (Å²) in [7, 11) is 1.62. The molecule has 2 rings (SSSR count). The lowest BCUT2D eigenvalue weighted by Crippen LogP contribution is -2.06. The molecule has 0 aromatic carbocycles. The summed E-state index contributed by atoms with van der Waals surface area (Å²) in [6.45, 7) is 2.86. The van der Waals surface area contributed by atoms with Crippen LogP contribution in [0.3, 0.4) is 0 Å². The van der Waals surface area contributed by atoms with Crippen LogP contribution in [0.25, 0.3) is 0 Å². The van der Waals surface area contributed by atoms with Gasteiger partial charge in [0.25, 0.3) is 0 Å². The molecule has 0 saturated heterocycles. The van der Waals surface area contributed by atoms with Crippen LogP contribution in [0.5, 0.6) is 5.88 Å². The van der Waals surface area contributed by atoms with Gasteiger partial charge in [-0.25, -0.2) is 4.98 Å². The summed E-state index contributed by atoms with van der Waals surface area (Å²) in [5.41, 5.74) is 0. The van der Waals surface area contributed by atoms with Crippen LogP contribution < -0.4 is 10.1 Å². The number of anilines is 1. The number of hydrogen-bond donors (Lipinski definition) is 1. The minimum atomic E-state index is 0.622. The number of hydrogen-bond acceptors (Lipinski definition) is 4. The first-order valence-corrected chi connectivity index (χ1v) is 5.41. The monoisotopic (exact) mass is 207 g/mol. The molecule has 1 N–H and O–H groups in total. The third kappa shape index (κ3) is 3.08. The lowest BCUT2D eigenvalue weighted by molar-refractivity contribution is 0.396. The highest BCUT2D eigenvalue weighted by molar-refractivity contribution is 5.38. The quantitative estimate of drug-likeness (QED) is 0.802. The maximum Gasteiger partial charge on any atom is 0.218 e. The molecule has 4 nitrogen and oxygen atoms in total. The van der Waals surface area contributed by atoms with Crippen molar-refractivity contribution in [3.63, 3.8) is 0 Å². The van der Waals surface area contributed by atoms with Gasteiger partial charge in [-0.3, -0.25) is 0 Å². The van der Waals surface area contributed by atoms with Crippen molar-refractivity contribution in [2.24, 2.45) is 5.92 Å². The zero-order valence-electron chi connectivity index (χ0n) is 9.29. The maximum absolute atomic E-state index is 5.08. The molecule has 0 atom stereocenters. The van der Waals surface area contributed by atoms with Gasteiger partial charge in [0.2, 0.25) is 5.88 Å². The van der Waals surface area contributed by atoms with Crippen LogP contribution in [0, 0.1) is 12.8 Å². The smallest absolute Gasteiger partial charge is 0.218 e. The van der Waals surface area contributed by atoms with Crippen LogP contribution in [-0.2, 0) is 0 Å². The highest BCUT2D eigenvalue weighted by atomic mass is 16.5. The number of nitrogens with zero attached hydrogens (tertiary/aromatic N) is 2. The van der Waals surface area contributed by atoms with E-state index in [1.54, 1.807) is 7.11 Å². The van der Waals surface area contributed by atoms with Gasteiger partial charge in [0.15, 0.2) is 0 Å². The Morgan fingerprint density at radius 3 is 2.93 bits per heavy atom. The van der Waals surface area contributed by atoms with E-state index >= 15 is 0 Å². The molecular weight excluding hydrogens is 190 g/mol. The maximum atomic E-state index is 5.08. The molecule has 15 heavy (non-hydrogen) atoms. The fraction of sp³-hybridized carbons (Fsp3) is 0.636. The Morgan fingerprint density at radius 1 is 1.47 bits per heavy atom. The molecular formula is C11H17N3O. The van der Waals surface area contributed by atoms with Crippen LogP contribution in [-0.4, -0.2) is 23.6 Å². The Bertz CT molecular complexity index is 337. The second kappa shape index (κ2) is 4.47. The summed E-state index contributed by atoms with van der Waals surface area (Å²) < 4.78 is 5.08. The van der Waals surface area contributed by atoms with Crippen molar-refractivity contribution in [1.29, 1.82) is 0 Å². The number of methoxy groups -OCH3 is 1. The summed E-state index contributed by atoms with van der Waals surface area (Å²) in [6.07, 6.45) is 4.03. The standard InChI is InChI=1S/C11H17N3O/c1-8-13-10(7-11(14-8)15-2)12-6-5-9-3-4-9/h7,9H,3-6H2,1-2H3,(H,12,13,14). The number of aromatic nitrogens is 2. The summed E-state index contributed by atoms with van der Waals surface area (Å²) >= 11 is 0. The fourth-order valence-corrected chi connectivity index (χ4v) is 1.55. The molecule has 1 aliphatic carbocycles. The van der Waals surface area contributed by atoms with Crippen molar-refractivity contribution < 1.29 is 4.74 Å². The molecule has 0 radical (unpaired) electrons. The molecule has 82 valence electrons. The van der Waals surface area contributed by atoms with Gasteiger partial charge in [-0.1, -0.05) is 12.8 Å². The Morgan fingerprint density at radius 2 is 2.27 bits per heavy atom. The average Bonchev–Trinajstić information content (AvgIpc) is 3.01. The minimum Gasteiger partial charge on any atom is -0.481 e. The molecule has 1 saturated carbocycles. The van der Waals surface area contributed by atoms with Crippen molar-refractivity contribution in [3.05, 3.63) is 11.9 Å². The topological polar surface area (TPSA) is 47.0 Å². The van der Waals surface area contributed by atoms with Crippen LogP contribution in [0.1, 0.15) is 25.1 Å². The van der Waals surface area contributed by atoms with E-state index in [-0.39, 0.29) is 0 Å². The summed E-state index contributed by atoms with van der Waals surface area (Å²) in [4.78, 5) is 8.43. The molecule has 1 aromatic rings. The van der Waals surface area contributed by atoms with E-state index in [2.05, 4.69) is 15.3 Å². The lowest BCUT2D eigenvalue weighted by Gasteiger charge is -2.07. The first kappa shape index (κ1) is 10.2. The lowest BCUT2D eigenvalue weighted by atomic mass is 10.3. The molecule has 0 aliphatic heterocycles. The Kier molecular flexibility index (Phi) is 3.04. The molecule has 1 fully saturated rings. The predicted molar refractivity (Wildman–Crippen MR) is 59.2 cm³/mol. The first-order chi connectivity index (χ1) is 7.28.